The van der Waals surface area contributed by atoms with Gasteiger partial charge in [-0.15, -0.1) is 0 Å². The number of nitro groups is 1. The van der Waals surface area contributed by atoms with Gasteiger partial charge in [0, 0.05) is 19.5 Å². The molecule has 1 N–H and O–H groups in total. The zero-order valence-electron chi connectivity index (χ0n) is 12.1. The van der Waals surface area contributed by atoms with Crippen LogP contribution in [0.5, 0.6) is 11.6 Å². The van der Waals surface area contributed by atoms with Gasteiger partial charge in [0.1, 0.15) is 17.4 Å². The highest BCUT2D eigenvalue weighted by molar-refractivity contribution is 5.50. The Hall–Kier alpha value is -2.70. The van der Waals surface area contributed by atoms with Gasteiger partial charge in [-0.05, 0) is 13.0 Å². The predicted octanol–water partition coefficient (Wildman–Crippen LogP) is 3.09. The SMILES string of the molecule is CCc1nc(NC)c(C)c(Oc2cccc([N+](=O)[O-])c2)n1. The summed E-state index contributed by atoms with van der Waals surface area (Å²) in [5.41, 5.74) is 0.727. The highest BCUT2D eigenvalue weighted by atomic mass is 16.6. The molecule has 0 aliphatic carbocycles. The lowest BCUT2D eigenvalue weighted by Crippen LogP contribution is -2.04. The second-order valence-corrected chi connectivity index (χ2v) is 4.38. The Morgan fingerprint density at radius 3 is 2.76 bits per heavy atom. The first-order valence-electron chi connectivity index (χ1n) is 6.52. The fourth-order valence-electron chi connectivity index (χ4n) is 1.81. The number of benzene rings is 1. The van der Waals surface area contributed by atoms with Crippen LogP contribution in [0.25, 0.3) is 0 Å². The van der Waals surface area contributed by atoms with E-state index in [1.165, 1.54) is 12.1 Å². The van der Waals surface area contributed by atoms with Crippen LogP contribution in [0.2, 0.25) is 0 Å². The third-order valence-corrected chi connectivity index (χ3v) is 2.94. The van der Waals surface area contributed by atoms with Gasteiger partial charge in [-0.2, -0.15) is 4.98 Å². The molecule has 2 aromatic rings. The van der Waals surface area contributed by atoms with Crippen LogP contribution in [-0.2, 0) is 6.42 Å². The topological polar surface area (TPSA) is 90.2 Å². The first-order valence-corrected chi connectivity index (χ1v) is 6.52. The number of aryl methyl sites for hydroxylation is 1. The van der Waals surface area contributed by atoms with Crippen molar-refractivity contribution in [3.05, 3.63) is 45.8 Å². The molecule has 1 aromatic heterocycles. The minimum Gasteiger partial charge on any atom is -0.438 e. The van der Waals surface area contributed by atoms with Crippen LogP contribution in [0.1, 0.15) is 18.3 Å². The molecule has 0 bridgehead atoms. The average molecular weight is 288 g/mol. The Labute approximate surface area is 122 Å². The zero-order chi connectivity index (χ0) is 15.4. The van der Waals surface area contributed by atoms with E-state index in [9.17, 15) is 10.1 Å². The fraction of sp³-hybridized carbons (Fsp3) is 0.286. The third kappa shape index (κ3) is 3.25. The van der Waals surface area contributed by atoms with Crippen molar-refractivity contribution in [1.82, 2.24) is 9.97 Å². The quantitative estimate of drug-likeness (QED) is 0.671. The lowest BCUT2D eigenvalue weighted by Gasteiger charge is -2.12. The van der Waals surface area contributed by atoms with E-state index in [0.717, 1.165) is 5.56 Å². The monoisotopic (exact) mass is 288 g/mol. The molecule has 21 heavy (non-hydrogen) atoms. The molecule has 7 heteroatoms. The van der Waals surface area contributed by atoms with Crippen molar-refractivity contribution in [2.75, 3.05) is 12.4 Å². The van der Waals surface area contributed by atoms with E-state index in [1.807, 2.05) is 13.8 Å². The maximum Gasteiger partial charge on any atom is 0.273 e. The lowest BCUT2D eigenvalue weighted by atomic mass is 10.3. The molecule has 0 atom stereocenters. The second kappa shape index (κ2) is 6.17. The number of ether oxygens (including phenoxy) is 1. The summed E-state index contributed by atoms with van der Waals surface area (Å²) in [6, 6.07) is 6.01. The lowest BCUT2D eigenvalue weighted by molar-refractivity contribution is -0.384. The first kappa shape index (κ1) is 14.7. The van der Waals surface area contributed by atoms with Gasteiger partial charge < -0.3 is 10.1 Å². The van der Waals surface area contributed by atoms with Gasteiger partial charge in [0.25, 0.3) is 5.69 Å². The van der Waals surface area contributed by atoms with Crippen molar-refractivity contribution in [2.24, 2.45) is 0 Å². The number of nitro benzene ring substituents is 1. The molecule has 0 aliphatic heterocycles. The normalized spacial score (nSPS) is 10.2. The molecular formula is C14H16N4O3. The van der Waals surface area contributed by atoms with E-state index in [-0.39, 0.29) is 5.69 Å². The third-order valence-electron chi connectivity index (χ3n) is 2.94. The molecule has 0 radical (unpaired) electrons. The van der Waals surface area contributed by atoms with E-state index < -0.39 is 4.92 Å². The van der Waals surface area contributed by atoms with Crippen LogP contribution in [-0.4, -0.2) is 21.9 Å². The molecule has 0 amide bonds. The van der Waals surface area contributed by atoms with Gasteiger partial charge in [0.05, 0.1) is 16.6 Å². The average Bonchev–Trinajstić information content (AvgIpc) is 2.49. The van der Waals surface area contributed by atoms with Crippen LogP contribution in [0.3, 0.4) is 0 Å². The van der Waals surface area contributed by atoms with Gasteiger partial charge in [-0.3, -0.25) is 10.1 Å². The van der Waals surface area contributed by atoms with Crippen LogP contribution in [0.4, 0.5) is 11.5 Å². The summed E-state index contributed by atoms with van der Waals surface area (Å²) in [4.78, 5) is 19.0. The largest absolute Gasteiger partial charge is 0.438 e. The number of rotatable bonds is 5. The van der Waals surface area contributed by atoms with Crippen molar-refractivity contribution in [3.63, 3.8) is 0 Å². The van der Waals surface area contributed by atoms with Crippen LogP contribution in [0.15, 0.2) is 24.3 Å². The molecule has 7 nitrogen and oxygen atoms in total. The number of anilines is 1. The molecule has 0 fully saturated rings. The standard InChI is InChI=1S/C14H16N4O3/c1-4-12-16-13(15-3)9(2)14(17-12)21-11-7-5-6-10(8-11)18(19)20/h5-8H,4H2,1-3H3,(H,15,16,17). The molecule has 110 valence electrons. The number of hydrogen-bond donors (Lipinski definition) is 1. The summed E-state index contributed by atoms with van der Waals surface area (Å²) in [6.07, 6.45) is 0.667. The molecule has 0 unspecified atom stereocenters. The van der Waals surface area contributed by atoms with Gasteiger partial charge in [-0.25, -0.2) is 4.98 Å². The molecule has 2 rings (SSSR count). The summed E-state index contributed by atoms with van der Waals surface area (Å²) < 4.78 is 5.69. The molecule has 0 saturated carbocycles. The maximum atomic E-state index is 10.8. The summed E-state index contributed by atoms with van der Waals surface area (Å²) in [5.74, 6) is 2.09. The number of aromatic nitrogens is 2. The first-order chi connectivity index (χ1) is 10.0. The van der Waals surface area contributed by atoms with Crippen molar-refractivity contribution < 1.29 is 9.66 Å². The predicted molar refractivity (Wildman–Crippen MR) is 78.9 cm³/mol. The number of nitrogens with one attached hydrogen (secondary N) is 1. The molecule has 1 heterocycles. The van der Waals surface area contributed by atoms with E-state index in [4.69, 9.17) is 4.74 Å². The highest BCUT2D eigenvalue weighted by Gasteiger charge is 2.13. The smallest absolute Gasteiger partial charge is 0.273 e. The van der Waals surface area contributed by atoms with E-state index >= 15 is 0 Å². The van der Waals surface area contributed by atoms with Crippen LogP contribution < -0.4 is 10.1 Å². The van der Waals surface area contributed by atoms with E-state index in [0.29, 0.717) is 29.7 Å². The van der Waals surface area contributed by atoms with Gasteiger partial charge in [0.15, 0.2) is 0 Å². The minimum atomic E-state index is -0.462. The van der Waals surface area contributed by atoms with Gasteiger partial charge >= 0.3 is 0 Å². The Morgan fingerprint density at radius 2 is 2.14 bits per heavy atom. The van der Waals surface area contributed by atoms with Crippen molar-refractivity contribution >= 4 is 11.5 Å². The van der Waals surface area contributed by atoms with Crippen molar-refractivity contribution in [1.29, 1.82) is 0 Å². The number of non-ortho nitro benzene ring substituents is 1. The minimum absolute atomic E-state index is 0.0243. The summed E-state index contributed by atoms with van der Waals surface area (Å²) >= 11 is 0. The van der Waals surface area contributed by atoms with Crippen LogP contribution in [0, 0.1) is 17.0 Å². The molecule has 0 saturated heterocycles. The zero-order valence-corrected chi connectivity index (χ0v) is 12.1. The summed E-state index contributed by atoms with van der Waals surface area (Å²) in [6.45, 7) is 3.78. The molecule has 0 spiro atoms. The Balaban J connectivity index is 2.39. The van der Waals surface area contributed by atoms with Crippen molar-refractivity contribution in [3.8, 4) is 11.6 Å². The summed E-state index contributed by atoms with van der Waals surface area (Å²) in [5, 5.41) is 13.8. The Kier molecular flexibility index (Phi) is 4.32. The van der Waals surface area contributed by atoms with E-state index in [1.54, 1.807) is 19.2 Å². The van der Waals surface area contributed by atoms with Crippen molar-refractivity contribution in [2.45, 2.75) is 20.3 Å². The second-order valence-electron chi connectivity index (χ2n) is 4.38. The van der Waals surface area contributed by atoms with Gasteiger partial charge in [0.2, 0.25) is 5.88 Å². The Morgan fingerprint density at radius 1 is 1.38 bits per heavy atom. The van der Waals surface area contributed by atoms with Gasteiger partial charge in [-0.1, -0.05) is 13.0 Å². The highest BCUT2D eigenvalue weighted by Crippen LogP contribution is 2.28. The van der Waals surface area contributed by atoms with Crippen LogP contribution >= 0.6 is 0 Å². The summed E-state index contributed by atoms with van der Waals surface area (Å²) in [7, 11) is 1.77. The maximum absolute atomic E-state index is 10.8. The molecule has 1 aromatic carbocycles. The molecular weight excluding hydrogens is 272 g/mol. The fourth-order valence-corrected chi connectivity index (χ4v) is 1.81. The molecule has 0 aliphatic rings. The number of hydrogen-bond acceptors (Lipinski definition) is 6. The Bertz CT molecular complexity index is 673. The number of nitrogens with zero attached hydrogens (tertiary/aromatic N) is 3. The van der Waals surface area contributed by atoms with E-state index in [2.05, 4.69) is 15.3 Å².